The van der Waals surface area contributed by atoms with E-state index in [1.54, 1.807) is 12.4 Å². The van der Waals surface area contributed by atoms with Crippen molar-refractivity contribution in [3.05, 3.63) is 65.2 Å². The Kier molecular flexibility index (Phi) is 4.42. The number of hydrogen-bond donors (Lipinski definition) is 1. The van der Waals surface area contributed by atoms with Crippen molar-refractivity contribution in [2.24, 2.45) is 0 Å². The summed E-state index contributed by atoms with van der Waals surface area (Å²) >= 11 is 0. The fourth-order valence-electron chi connectivity index (χ4n) is 2.04. The molecule has 1 N–H and O–H groups in total. The molecular weight excluding hydrogens is 259 g/mol. The van der Waals surface area contributed by atoms with Gasteiger partial charge in [0, 0.05) is 25.5 Å². The standard InChI is InChI=1S/C15H15FN2O2/c1-18(9-11-3-2-4-17-8-11)10-12-5-13(15(19)20)7-14(16)6-12/h2-8H,9-10H2,1H3,(H,19,20). The molecule has 1 aromatic carbocycles. The Hall–Kier alpha value is -2.27. The largest absolute Gasteiger partial charge is 0.478 e. The van der Waals surface area contributed by atoms with Gasteiger partial charge < -0.3 is 5.11 Å². The van der Waals surface area contributed by atoms with E-state index in [0.29, 0.717) is 18.7 Å². The highest BCUT2D eigenvalue weighted by Crippen LogP contribution is 2.12. The van der Waals surface area contributed by atoms with Crippen molar-refractivity contribution in [2.45, 2.75) is 13.1 Å². The topological polar surface area (TPSA) is 53.4 Å². The van der Waals surface area contributed by atoms with E-state index in [0.717, 1.165) is 11.6 Å². The van der Waals surface area contributed by atoms with Crippen molar-refractivity contribution in [3.8, 4) is 0 Å². The van der Waals surface area contributed by atoms with E-state index in [-0.39, 0.29) is 5.56 Å². The predicted octanol–water partition coefficient (Wildman–Crippen LogP) is 2.55. The monoisotopic (exact) mass is 274 g/mol. The smallest absolute Gasteiger partial charge is 0.335 e. The van der Waals surface area contributed by atoms with E-state index in [1.807, 2.05) is 24.1 Å². The van der Waals surface area contributed by atoms with E-state index < -0.39 is 11.8 Å². The summed E-state index contributed by atoms with van der Waals surface area (Å²) in [5.41, 5.74) is 1.65. The molecule has 0 aliphatic rings. The Morgan fingerprint density at radius 1 is 1.30 bits per heavy atom. The normalized spacial score (nSPS) is 10.8. The second-order valence-electron chi connectivity index (χ2n) is 4.69. The summed E-state index contributed by atoms with van der Waals surface area (Å²) in [6.07, 6.45) is 3.47. The van der Waals surface area contributed by atoms with Crippen molar-refractivity contribution in [2.75, 3.05) is 7.05 Å². The lowest BCUT2D eigenvalue weighted by Crippen LogP contribution is -2.17. The Morgan fingerprint density at radius 2 is 2.05 bits per heavy atom. The highest BCUT2D eigenvalue weighted by molar-refractivity contribution is 5.87. The number of pyridine rings is 1. The minimum Gasteiger partial charge on any atom is -0.478 e. The number of aromatic carboxylic acids is 1. The summed E-state index contributed by atoms with van der Waals surface area (Å²) in [6.45, 7) is 1.12. The molecule has 5 heteroatoms. The minimum absolute atomic E-state index is 0.0326. The summed E-state index contributed by atoms with van der Waals surface area (Å²) in [5, 5.41) is 8.91. The van der Waals surface area contributed by atoms with Crippen LogP contribution in [-0.4, -0.2) is 28.0 Å². The van der Waals surface area contributed by atoms with Gasteiger partial charge in [0.15, 0.2) is 0 Å². The van der Waals surface area contributed by atoms with Crippen LogP contribution in [0.2, 0.25) is 0 Å². The number of hydrogen-bond acceptors (Lipinski definition) is 3. The number of aromatic nitrogens is 1. The molecule has 0 aliphatic carbocycles. The molecule has 0 aliphatic heterocycles. The van der Waals surface area contributed by atoms with E-state index in [1.165, 1.54) is 12.1 Å². The number of carboxylic acid groups (broad SMARTS) is 1. The van der Waals surface area contributed by atoms with E-state index >= 15 is 0 Å². The first-order valence-electron chi connectivity index (χ1n) is 6.15. The van der Waals surface area contributed by atoms with Gasteiger partial charge in [-0.25, -0.2) is 9.18 Å². The van der Waals surface area contributed by atoms with Gasteiger partial charge in [0.05, 0.1) is 5.56 Å². The summed E-state index contributed by atoms with van der Waals surface area (Å²) < 4.78 is 13.4. The van der Waals surface area contributed by atoms with Crippen molar-refractivity contribution in [3.63, 3.8) is 0 Å². The molecule has 0 radical (unpaired) electrons. The zero-order valence-corrected chi connectivity index (χ0v) is 11.1. The van der Waals surface area contributed by atoms with Crippen molar-refractivity contribution >= 4 is 5.97 Å². The van der Waals surface area contributed by atoms with Crippen LogP contribution in [0.25, 0.3) is 0 Å². The van der Waals surface area contributed by atoms with Crippen LogP contribution in [0.15, 0.2) is 42.7 Å². The van der Waals surface area contributed by atoms with Crippen LogP contribution in [0, 0.1) is 5.82 Å². The van der Waals surface area contributed by atoms with Crippen LogP contribution in [-0.2, 0) is 13.1 Å². The summed E-state index contributed by atoms with van der Waals surface area (Å²) in [4.78, 5) is 16.9. The maximum atomic E-state index is 13.4. The van der Waals surface area contributed by atoms with Crippen LogP contribution >= 0.6 is 0 Å². The quantitative estimate of drug-likeness (QED) is 0.910. The van der Waals surface area contributed by atoms with Gasteiger partial charge >= 0.3 is 5.97 Å². The number of nitrogens with zero attached hydrogens (tertiary/aromatic N) is 2. The van der Waals surface area contributed by atoms with Crippen LogP contribution < -0.4 is 0 Å². The molecule has 2 aromatic rings. The molecule has 20 heavy (non-hydrogen) atoms. The molecule has 0 spiro atoms. The molecule has 2 rings (SSSR count). The molecular formula is C15H15FN2O2. The Labute approximate surface area is 116 Å². The van der Waals surface area contributed by atoms with Crippen molar-refractivity contribution < 1.29 is 14.3 Å². The fourth-order valence-corrected chi connectivity index (χ4v) is 2.04. The fraction of sp³-hybridized carbons (Fsp3) is 0.200. The number of rotatable bonds is 5. The lowest BCUT2D eigenvalue weighted by Gasteiger charge is -2.17. The third kappa shape index (κ3) is 3.86. The maximum absolute atomic E-state index is 13.4. The number of carbonyl (C=O) groups is 1. The summed E-state index contributed by atoms with van der Waals surface area (Å²) in [7, 11) is 1.89. The van der Waals surface area contributed by atoms with Gasteiger partial charge in [-0.1, -0.05) is 6.07 Å². The molecule has 104 valence electrons. The maximum Gasteiger partial charge on any atom is 0.335 e. The highest BCUT2D eigenvalue weighted by atomic mass is 19.1. The predicted molar refractivity (Wildman–Crippen MR) is 72.8 cm³/mol. The zero-order valence-electron chi connectivity index (χ0n) is 11.1. The SMILES string of the molecule is CN(Cc1cccnc1)Cc1cc(F)cc(C(=O)O)c1. The molecule has 0 unspecified atom stereocenters. The molecule has 0 fully saturated rings. The van der Waals surface area contributed by atoms with Gasteiger partial charge in [-0.15, -0.1) is 0 Å². The summed E-state index contributed by atoms with van der Waals surface area (Å²) in [5.74, 6) is -1.66. The Morgan fingerprint density at radius 3 is 2.70 bits per heavy atom. The van der Waals surface area contributed by atoms with Gasteiger partial charge in [0.25, 0.3) is 0 Å². The minimum atomic E-state index is -1.12. The van der Waals surface area contributed by atoms with Gasteiger partial charge in [-0.05, 0) is 42.4 Å². The van der Waals surface area contributed by atoms with Crippen LogP contribution in [0.3, 0.4) is 0 Å². The molecule has 0 saturated carbocycles. The van der Waals surface area contributed by atoms with Crippen LogP contribution in [0.4, 0.5) is 4.39 Å². The Bertz CT molecular complexity index is 602. The molecule has 0 saturated heterocycles. The Balaban J connectivity index is 2.07. The first-order valence-corrected chi connectivity index (χ1v) is 6.15. The lowest BCUT2D eigenvalue weighted by molar-refractivity contribution is 0.0696. The third-order valence-electron chi connectivity index (χ3n) is 2.83. The van der Waals surface area contributed by atoms with E-state index in [2.05, 4.69) is 4.98 Å². The average molecular weight is 274 g/mol. The first-order chi connectivity index (χ1) is 9.54. The molecule has 0 amide bonds. The zero-order chi connectivity index (χ0) is 14.5. The first kappa shape index (κ1) is 14.1. The van der Waals surface area contributed by atoms with Crippen LogP contribution in [0.1, 0.15) is 21.5 Å². The van der Waals surface area contributed by atoms with Gasteiger partial charge in [0.1, 0.15) is 5.82 Å². The highest BCUT2D eigenvalue weighted by Gasteiger charge is 2.09. The second kappa shape index (κ2) is 6.25. The number of halogens is 1. The van der Waals surface area contributed by atoms with Crippen molar-refractivity contribution in [1.29, 1.82) is 0 Å². The van der Waals surface area contributed by atoms with Crippen molar-refractivity contribution in [1.82, 2.24) is 9.88 Å². The van der Waals surface area contributed by atoms with Gasteiger partial charge in [-0.2, -0.15) is 0 Å². The van der Waals surface area contributed by atoms with Gasteiger partial charge in [0.2, 0.25) is 0 Å². The molecule has 0 atom stereocenters. The number of benzene rings is 1. The lowest BCUT2D eigenvalue weighted by atomic mass is 10.1. The molecule has 1 aromatic heterocycles. The van der Waals surface area contributed by atoms with E-state index in [9.17, 15) is 9.18 Å². The molecule has 4 nitrogen and oxygen atoms in total. The average Bonchev–Trinajstić information content (AvgIpc) is 2.38. The number of carboxylic acids is 1. The van der Waals surface area contributed by atoms with E-state index in [4.69, 9.17) is 5.11 Å². The molecule has 1 heterocycles. The molecule has 0 bridgehead atoms. The second-order valence-corrected chi connectivity index (χ2v) is 4.69. The van der Waals surface area contributed by atoms with Gasteiger partial charge in [-0.3, -0.25) is 9.88 Å². The van der Waals surface area contributed by atoms with Crippen LogP contribution in [0.5, 0.6) is 0 Å². The third-order valence-corrected chi connectivity index (χ3v) is 2.83. The summed E-state index contributed by atoms with van der Waals surface area (Å²) in [6, 6.07) is 7.68.